The van der Waals surface area contributed by atoms with Gasteiger partial charge in [0.05, 0.1) is 0 Å². The molecular weight excluding hydrogens is 447 g/mol. The number of benzene rings is 2. The smallest absolute Gasteiger partial charge is 0.289 e. The van der Waals surface area contributed by atoms with Crippen LogP contribution < -0.4 is 4.74 Å². The number of amides is 1. The average Bonchev–Trinajstić information content (AvgIpc) is 3.23. The first kappa shape index (κ1) is 22.7. The van der Waals surface area contributed by atoms with Crippen molar-refractivity contribution in [3.63, 3.8) is 0 Å². The van der Waals surface area contributed by atoms with E-state index in [2.05, 4.69) is 11.0 Å². The lowest BCUT2D eigenvalue weighted by Crippen LogP contribution is -2.48. The van der Waals surface area contributed by atoms with E-state index in [0.29, 0.717) is 41.2 Å². The van der Waals surface area contributed by atoms with Gasteiger partial charge in [0.25, 0.3) is 5.91 Å². The molecule has 32 heavy (non-hydrogen) atoms. The van der Waals surface area contributed by atoms with E-state index in [0.717, 1.165) is 35.5 Å². The Labute approximate surface area is 198 Å². The second kappa shape index (κ2) is 9.99. The van der Waals surface area contributed by atoms with Crippen LogP contribution in [0.1, 0.15) is 33.0 Å². The van der Waals surface area contributed by atoms with Crippen LogP contribution in [0.5, 0.6) is 5.75 Å². The SMILES string of the molecule is Cc1cc(C)cc(OCc2ccc(C(=O)N3CCN(Cc4c(Cl)cccc4Cl)CC3)o2)c1. The summed E-state index contributed by atoms with van der Waals surface area (Å²) in [4.78, 5) is 17.0. The molecule has 4 rings (SSSR count). The van der Waals surface area contributed by atoms with Gasteiger partial charge < -0.3 is 14.1 Å². The Bertz CT molecular complexity index is 1060. The normalized spacial score (nSPS) is 14.6. The number of ether oxygens (including phenoxy) is 1. The van der Waals surface area contributed by atoms with Gasteiger partial charge in [-0.2, -0.15) is 0 Å². The monoisotopic (exact) mass is 472 g/mol. The number of carbonyl (C=O) groups is 1. The fourth-order valence-electron chi connectivity index (χ4n) is 3.91. The molecule has 3 aromatic rings. The topological polar surface area (TPSA) is 45.9 Å². The van der Waals surface area contributed by atoms with Gasteiger partial charge in [-0.3, -0.25) is 9.69 Å². The Morgan fingerprint density at radius 3 is 2.28 bits per heavy atom. The lowest BCUT2D eigenvalue weighted by molar-refractivity contribution is 0.0594. The number of rotatable bonds is 6. The van der Waals surface area contributed by atoms with Crippen molar-refractivity contribution < 1.29 is 13.9 Å². The van der Waals surface area contributed by atoms with Gasteiger partial charge in [0.1, 0.15) is 18.1 Å². The minimum absolute atomic E-state index is 0.0990. The highest BCUT2D eigenvalue weighted by Crippen LogP contribution is 2.26. The molecule has 0 aliphatic carbocycles. The highest BCUT2D eigenvalue weighted by atomic mass is 35.5. The fraction of sp³-hybridized carbons (Fsp3) is 0.320. The number of nitrogens with zero attached hydrogens (tertiary/aromatic N) is 2. The molecular formula is C25H26Cl2N2O3. The van der Waals surface area contributed by atoms with Gasteiger partial charge in [-0.05, 0) is 61.4 Å². The molecule has 2 heterocycles. The van der Waals surface area contributed by atoms with Crippen molar-refractivity contribution >= 4 is 29.1 Å². The largest absolute Gasteiger partial charge is 0.486 e. The predicted octanol–water partition coefficient (Wildman–Crippen LogP) is 5.74. The standard InChI is InChI=1S/C25H26Cl2N2O3/c1-17-12-18(2)14-20(13-17)31-16-19-6-7-24(32-19)25(30)29-10-8-28(9-11-29)15-21-22(26)4-3-5-23(21)27/h3-7,12-14H,8-11,15-16H2,1-2H3. The minimum atomic E-state index is -0.0990. The lowest BCUT2D eigenvalue weighted by atomic mass is 10.1. The molecule has 1 aliphatic rings. The number of piperazine rings is 1. The summed E-state index contributed by atoms with van der Waals surface area (Å²) in [5.41, 5.74) is 3.22. The molecule has 1 saturated heterocycles. The van der Waals surface area contributed by atoms with Crippen LogP contribution >= 0.6 is 23.2 Å². The minimum Gasteiger partial charge on any atom is -0.486 e. The van der Waals surface area contributed by atoms with Crippen molar-refractivity contribution in [3.8, 4) is 5.75 Å². The first-order valence-electron chi connectivity index (χ1n) is 10.6. The molecule has 0 unspecified atom stereocenters. The van der Waals surface area contributed by atoms with E-state index in [9.17, 15) is 4.79 Å². The molecule has 168 valence electrons. The summed E-state index contributed by atoms with van der Waals surface area (Å²) in [6.45, 7) is 7.75. The summed E-state index contributed by atoms with van der Waals surface area (Å²) in [7, 11) is 0. The third-order valence-electron chi connectivity index (χ3n) is 5.55. The maximum Gasteiger partial charge on any atom is 0.289 e. The van der Waals surface area contributed by atoms with Crippen LogP contribution in [-0.4, -0.2) is 41.9 Å². The maximum atomic E-state index is 12.9. The summed E-state index contributed by atoms with van der Waals surface area (Å²) >= 11 is 12.6. The molecule has 1 aliphatic heterocycles. The zero-order chi connectivity index (χ0) is 22.7. The Kier molecular flexibility index (Phi) is 7.09. The van der Waals surface area contributed by atoms with E-state index in [1.165, 1.54) is 0 Å². The van der Waals surface area contributed by atoms with E-state index in [1.54, 1.807) is 12.1 Å². The number of carbonyl (C=O) groups excluding carboxylic acids is 1. The summed E-state index contributed by atoms with van der Waals surface area (Å²) in [5, 5.41) is 1.34. The summed E-state index contributed by atoms with van der Waals surface area (Å²) < 4.78 is 11.6. The molecule has 0 N–H and O–H groups in total. The van der Waals surface area contributed by atoms with Crippen LogP contribution in [0, 0.1) is 13.8 Å². The van der Waals surface area contributed by atoms with Gasteiger partial charge in [0.2, 0.25) is 0 Å². The summed E-state index contributed by atoms with van der Waals surface area (Å²) in [6.07, 6.45) is 0. The summed E-state index contributed by atoms with van der Waals surface area (Å²) in [6, 6.07) is 15.1. The third kappa shape index (κ3) is 5.47. The quantitative estimate of drug-likeness (QED) is 0.458. The molecule has 2 aromatic carbocycles. The molecule has 0 radical (unpaired) electrons. The molecule has 1 fully saturated rings. The average molecular weight is 473 g/mol. The number of aryl methyl sites for hydroxylation is 2. The van der Waals surface area contributed by atoms with Gasteiger partial charge in [0, 0.05) is 48.3 Å². The van der Waals surface area contributed by atoms with Gasteiger partial charge in [-0.15, -0.1) is 0 Å². The van der Waals surface area contributed by atoms with E-state index >= 15 is 0 Å². The highest BCUT2D eigenvalue weighted by molar-refractivity contribution is 6.35. The summed E-state index contributed by atoms with van der Waals surface area (Å²) in [5.74, 6) is 1.66. The van der Waals surface area contributed by atoms with Crippen molar-refractivity contribution in [2.75, 3.05) is 26.2 Å². The van der Waals surface area contributed by atoms with E-state index in [4.69, 9.17) is 32.4 Å². The van der Waals surface area contributed by atoms with E-state index in [1.807, 2.05) is 49.1 Å². The van der Waals surface area contributed by atoms with Crippen LogP contribution in [-0.2, 0) is 13.2 Å². The van der Waals surface area contributed by atoms with Crippen LogP contribution in [0.2, 0.25) is 10.0 Å². The van der Waals surface area contributed by atoms with Gasteiger partial charge in [0.15, 0.2) is 5.76 Å². The van der Waals surface area contributed by atoms with Crippen molar-refractivity contribution in [3.05, 3.63) is 86.8 Å². The lowest BCUT2D eigenvalue weighted by Gasteiger charge is -2.34. The number of furan rings is 1. The highest BCUT2D eigenvalue weighted by Gasteiger charge is 2.25. The molecule has 0 spiro atoms. The fourth-order valence-corrected chi connectivity index (χ4v) is 4.43. The second-order valence-electron chi connectivity index (χ2n) is 8.15. The van der Waals surface area contributed by atoms with Crippen molar-refractivity contribution in [2.45, 2.75) is 27.0 Å². The molecule has 0 atom stereocenters. The van der Waals surface area contributed by atoms with Crippen LogP contribution in [0.15, 0.2) is 52.9 Å². The Balaban J connectivity index is 1.30. The van der Waals surface area contributed by atoms with E-state index in [-0.39, 0.29) is 12.5 Å². The third-order valence-corrected chi connectivity index (χ3v) is 6.26. The van der Waals surface area contributed by atoms with Crippen LogP contribution in [0.4, 0.5) is 0 Å². The molecule has 1 amide bonds. The molecule has 5 nitrogen and oxygen atoms in total. The van der Waals surface area contributed by atoms with Crippen LogP contribution in [0.3, 0.4) is 0 Å². The zero-order valence-electron chi connectivity index (χ0n) is 18.2. The predicted molar refractivity (Wildman–Crippen MR) is 127 cm³/mol. The van der Waals surface area contributed by atoms with Crippen molar-refractivity contribution in [1.82, 2.24) is 9.80 Å². The Morgan fingerprint density at radius 1 is 0.969 bits per heavy atom. The number of halogens is 2. The molecule has 1 aromatic heterocycles. The maximum absolute atomic E-state index is 12.9. The van der Waals surface area contributed by atoms with Crippen molar-refractivity contribution in [2.24, 2.45) is 0 Å². The van der Waals surface area contributed by atoms with Crippen molar-refractivity contribution in [1.29, 1.82) is 0 Å². The van der Waals surface area contributed by atoms with Gasteiger partial charge in [-0.1, -0.05) is 35.3 Å². The Hall–Kier alpha value is -2.47. The number of hydrogen-bond donors (Lipinski definition) is 0. The Morgan fingerprint density at radius 2 is 1.62 bits per heavy atom. The van der Waals surface area contributed by atoms with Gasteiger partial charge in [-0.25, -0.2) is 0 Å². The molecule has 7 heteroatoms. The zero-order valence-corrected chi connectivity index (χ0v) is 19.7. The number of hydrogen-bond acceptors (Lipinski definition) is 4. The van der Waals surface area contributed by atoms with E-state index < -0.39 is 0 Å². The van der Waals surface area contributed by atoms with Gasteiger partial charge >= 0.3 is 0 Å². The first-order chi connectivity index (χ1) is 15.4. The first-order valence-corrected chi connectivity index (χ1v) is 11.4. The van der Waals surface area contributed by atoms with Crippen LogP contribution in [0.25, 0.3) is 0 Å². The molecule has 0 bridgehead atoms. The second-order valence-corrected chi connectivity index (χ2v) is 8.96. The molecule has 0 saturated carbocycles.